The molecule has 0 aromatic heterocycles. The topological polar surface area (TPSA) is 37.3 Å². The Balaban J connectivity index is 2.08. The Morgan fingerprint density at radius 2 is 2.12 bits per heavy atom. The lowest BCUT2D eigenvalue weighted by Gasteiger charge is -2.08. The molecule has 0 aliphatic heterocycles. The molecular formula is C14H18O2. The Morgan fingerprint density at radius 1 is 1.38 bits per heavy atom. The number of benzene rings is 1. The maximum atomic E-state index is 11.6. The number of rotatable bonds is 4. The van der Waals surface area contributed by atoms with E-state index in [-0.39, 0.29) is 5.78 Å². The van der Waals surface area contributed by atoms with E-state index in [0.717, 1.165) is 12.0 Å². The van der Waals surface area contributed by atoms with Crippen molar-refractivity contribution in [1.29, 1.82) is 0 Å². The highest BCUT2D eigenvalue weighted by Gasteiger charge is 2.15. The van der Waals surface area contributed by atoms with Gasteiger partial charge < -0.3 is 5.11 Å². The molecule has 86 valence electrons. The van der Waals surface area contributed by atoms with Gasteiger partial charge in [0.05, 0.1) is 0 Å². The number of aryl methyl sites for hydroxylation is 2. The molecule has 1 aliphatic rings. The minimum atomic E-state index is -0.798. The van der Waals surface area contributed by atoms with Crippen LogP contribution in [0, 0.1) is 0 Å². The smallest absolute Gasteiger partial charge is 0.165 e. The van der Waals surface area contributed by atoms with Crippen molar-refractivity contribution < 1.29 is 9.90 Å². The molecule has 0 bridgehead atoms. The van der Waals surface area contributed by atoms with Crippen molar-refractivity contribution in [2.45, 2.75) is 45.1 Å². The number of ketones is 1. The summed E-state index contributed by atoms with van der Waals surface area (Å²) in [6.45, 7) is 1.82. The Hall–Kier alpha value is -1.15. The van der Waals surface area contributed by atoms with Crippen LogP contribution in [0.15, 0.2) is 18.2 Å². The fourth-order valence-corrected chi connectivity index (χ4v) is 2.28. The Labute approximate surface area is 96.3 Å². The van der Waals surface area contributed by atoms with Crippen LogP contribution < -0.4 is 0 Å². The van der Waals surface area contributed by atoms with E-state index in [2.05, 4.69) is 12.1 Å². The Morgan fingerprint density at radius 3 is 2.88 bits per heavy atom. The lowest BCUT2D eigenvalue weighted by atomic mass is 10.0. The van der Waals surface area contributed by atoms with Crippen molar-refractivity contribution in [2.24, 2.45) is 0 Å². The number of hydrogen-bond acceptors (Lipinski definition) is 2. The summed E-state index contributed by atoms with van der Waals surface area (Å²) >= 11 is 0. The summed E-state index contributed by atoms with van der Waals surface area (Å²) in [5, 5.41) is 9.43. The van der Waals surface area contributed by atoms with Crippen LogP contribution in [0.25, 0.3) is 0 Å². The van der Waals surface area contributed by atoms with Crippen LogP contribution in [0.3, 0.4) is 0 Å². The maximum absolute atomic E-state index is 11.6. The largest absolute Gasteiger partial charge is 0.385 e. The van der Waals surface area contributed by atoms with Gasteiger partial charge >= 0.3 is 0 Å². The number of Topliss-reactive ketones (excluding diaryl/α,β-unsaturated/α-hetero) is 1. The van der Waals surface area contributed by atoms with E-state index in [1.807, 2.05) is 13.0 Å². The molecule has 0 radical (unpaired) electrons. The first-order valence-electron chi connectivity index (χ1n) is 6.02. The minimum Gasteiger partial charge on any atom is -0.385 e. The van der Waals surface area contributed by atoms with Crippen LogP contribution in [0.4, 0.5) is 0 Å². The number of aliphatic hydroxyl groups is 1. The van der Waals surface area contributed by atoms with Crippen molar-refractivity contribution in [3.05, 3.63) is 34.9 Å². The molecule has 1 aromatic carbocycles. The fraction of sp³-hybridized carbons (Fsp3) is 0.500. The van der Waals surface area contributed by atoms with E-state index in [9.17, 15) is 9.90 Å². The van der Waals surface area contributed by atoms with Crippen LogP contribution in [0.5, 0.6) is 0 Å². The van der Waals surface area contributed by atoms with Gasteiger partial charge in [0, 0.05) is 6.42 Å². The molecule has 0 spiro atoms. The van der Waals surface area contributed by atoms with Gasteiger partial charge in [-0.05, 0) is 42.4 Å². The van der Waals surface area contributed by atoms with Gasteiger partial charge in [-0.1, -0.05) is 25.1 Å². The average molecular weight is 218 g/mol. The number of carbonyl (C=O) groups is 1. The second-order valence-electron chi connectivity index (χ2n) is 4.52. The monoisotopic (exact) mass is 218 g/mol. The molecule has 2 nitrogen and oxygen atoms in total. The molecular weight excluding hydrogens is 200 g/mol. The van der Waals surface area contributed by atoms with E-state index < -0.39 is 6.10 Å². The normalized spacial score (nSPS) is 15.9. The molecule has 1 aliphatic carbocycles. The molecule has 16 heavy (non-hydrogen) atoms. The van der Waals surface area contributed by atoms with Crippen molar-refractivity contribution in [2.75, 3.05) is 0 Å². The highest BCUT2D eigenvalue weighted by atomic mass is 16.3. The Bertz CT molecular complexity index is 396. The highest BCUT2D eigenvalue weighted by Crippen LogP contribution is 2.23. The average Bonchev–Trinajstić information content (AvgIpc) is 2.75. The number of fused-ring (bicyclic) bond motifs is 1. The molecule has 0 fully saturated rings. The molecule has 1 unspecified atom stereocenters. The van der Waals surface area contributed by atoms with E-state index in [1.165, 1.54) is 24.0 Å². The molecule has 2 heteroatoms. The number of carbonyl (C=O) groups excluding carboxylic acids is 1. The van der Waals surface area contributed by atoms with E-state index in [0.29, 0.717) is 12.8 Å². The molecule has 0 heterocycles. The zero-order valence-corrected chi connectivity index (χ0v) is 9.70. The standard InChI is InChI=1S/C14H18O2/c1-2-13(15)14(16)9-10-6-7-11-4-3-5-12(11)8-10/h6-8,13,15H,2-5,9H2,1H3. The van der Waals surface area contributed by atoms with Gasteiger partial charge in [0.15, 0.2) is 5.78 Å². The van der Waals surface area contributed by atoms with Gasteiger partial charge in [-0.3, -0.25) is 4.79 Å². The van der Waals surface area contributed by atoms with Gasteiger partial charge in [-0.2, -0.15) is 0 Å². The molecule has 1 aromatic rings. The summed E-state index contributed by atoms with van der Waals surface area (Å²) in [7, 11) is 0. The molecule has 2 rings (SSSR count). The highest BCUT2D eigenvalue weighted by molar-refractivity contribution is 5.84. The zero-order valence-electron chi connectivity index (χ0n) is 9.70. The van der Waals surface area contributed by atoms with Gasteiger partial charge in [-0.15, -0.1) is 0 Å². The first kappa shape index (κ1) is 11.3. The summed E-state index contributed by atoms with van der Waals surface area (Å²) < 4.78 is 0. The van der Waals surface area contributed by atoms with Crippen molar-refractivity contribution >= 4 is 5.78 Å². The third-order valence-corrected chi connectivity index (χ3v) is 3.30. The van der Waals surface area contributed by atoms with Crippen LogP contribution in [0.1, 0.15) is 36.5 Å². The van der Waals surface area contributed by atoms with E-state index >= 15 is 0 Å². The van der Waals surface area contributed by atoms with Crippen molar-refractivity contribution in [3.8, 4) is 0 Å². The van der Waals surface area contributed by atoms with Crippen molar-refractivity contribution in [3.63, 3.8) is 0 Å². The SMILES string of the molecule is CCC(O)C(=O)Cc1ccc2c(c1)CCC2. The number of aliphatic hydroxyl groups excluding tert-OH is 1. The molecule has 0 saturated heterocycles. The summed E-state index contributed by atoms with van der Waals surface area (Å²) in [6.07, 6.45) is 3.60. The predicted octanol–water partition coefficient (Wildman–Crippen LogP) is 2.06. The second-order valence-corrected chi connectivity index (χ2v) is 4.52. The molecule has 1 atom stereocenters. The summed E-state index contributed by atoms with van der Waals surface area (Å²) in [4.78, 5) is 11.6. The lowest BCUT2D eigenvalue weighted by Crippen LogP contribution is -2.21. The lowest BCUT2D eigenvalue weighted by molar-refractivity contribution is -0.126. The van der Waals surface area contributed by atoms with Gasteiger partial charge in [0.2, 0.25) is 0 Å². The first-order chi connectivity index (χ1) is 7.70. The molecule has 0 amide bonds. The van der Waals surface area contributed by atoms with E-state index in [4.69, 9.17) is 0 Å². The summed E-state index contributed by atoms with van der Waals surface area (Å²) in [6, 6.07) is 6.27. The predicted molar refractivity (Wildman–Crippen MR) is 63.5 cm³/mol. The molecule has 0 saturated carbocycles. The van der Waals surface area contributed by atoms with Crippen LogP contribution in [-0.2, 0) is 24.1 Å². The molecule has 1 N–H and O–H groups in total. The summed E-state index contributed by atoms with van der Waals surface area (Å²) in [5.74, 6) is -0.0690. The van der Waals surface area contributed by atoms with E-state index in [1.54, 1.807) is 0 Å². The van der Waals surface area contributed by atoms with Crippen molar-refractivity contribution in [1.82, 2.24) is 0 Å². The quantitative estimate of drug-likeness (QED) is 0.840. The third-order valence-electron chi connectivity index (χ3n) is 3.30. The zero-order chi connectivity index (χ0) is 11.5. The first-order valence-corrected chi connectivity index (χ1v) is 6.02. The van der Waals surface area contributed by atoms with Crippen LogP contribution >= 0.6 is 0 Å². The number of hydrogen-bond donors (Lipinski definition) is 1. The van der Waals surface area contributed by atoms with Crippen LogP contribution in [0.2, 0.25) is 0 Å². The van der Waals surface area contributed by atoms with Gasteiger partial charge in [0.1, 0.15) is 6.10 Å². The Kier molecular flexibility index (Phi) is 3.39. The second kappa shape index (κ2) is 4.79. The van der Waals surface area contributed by atoms with Gasteiger partial charge in [-0.25, -0.2) is 0 Å². The third kappa shape index (κ3) is 2.33. The maximum Gasteiger partial charge on any atom is 0.165 e. The fourth-order valence-electron chi connectivity index (χ4n) is 2.28. The van der Waals surface area contributed by atoms with Gasteiger partial charge in [0.25, 0.3) is 0 Å². The minimum absolute atomic E-state index is 0.0690. The summed E-state index contributed by atoms with van der Waals surface area (Å²) in [5.41, 5.74) is 3.85. The van der Waals surface area contributed by atoms with Crippen LogP contribution in [-0.4, -0.2) is 17.0 Å².